The molecule has 1 aliphatic heterocycles. The Morgan fingerprint density at radius 2 is 1.97 bits per heavy atom. The van der Waals surface area contributed by atoms with Gasteiger partial charge in [-0.2, -0.15) is 0 Å². The van der Waals surface area contributed by atoms with Crippen LogP contribution in [0.1, 0.15) is 5.56 Å². The van der Waals surface area contributed by atoms with Gasteiger partial charge in [0.15, 0.2) is 0 Å². The van der Waals surface area contributed by atoms with Gasteiger partial charge in [0.25, 0.3) is 11.1 Å². The van der Waals surface area contributed by atoms with E-state index in [4.69, 9.17) is 11.2 Å². The molecule has 0 spiro atoms. The number of hydrogen-bond acceptors (Lipinski definition) is 5. The summed E-state index contributed by atoms with van der Waals surface area (Å²) in [5, 5.41) is 1.92. The molecule has 10 heteroatoms. The smallest absolute Gasteiger partial charge is 0.294 e. The van der Waals surface area contributed by atoms with E-state index in [2.05, 4.69) is 56.4 Å². The fourth-order valence-electron chi connectivity index (χ4n) is 2.61. The Bertz CT molecular complexity index is 1120. The van der Waals surface area contributed by atoms with E-state index < -0.39 is 29.4 Å². The van der Waals surface area contributed by atoms with Gasteiger partial charge in [0.05, 0.1) is 12.0 Å². The fourth-order valence-corrected chi connectivity index (χ4v) is 5.58. The maximum absolute atomic E-state index is 13.2. The number of thioether (sulfide) groups is 1. The van der Waals surface area contributed by atoms with Gasteiger partial charge >= 0.3 is 0 Å². The van der Waals surface area contributed by atoms with Crippen molar-refractivity contribution in [3.05, 3.63) is 59.8 Å². The number of rotatable bonds is 6. The van der Waals surface area contributed by atoms with E-state index in [0.29, 0.717) is 11.3 Å². The van der Waals surface area contributed by atoms with Crippen LogP contribution in [0.25, 0.3) is 6.08 Å². The highest BCUT2D eigenvalue weighted by molar-refractivity contribution is 14.1. The molecule has 1 saturated heterocycles. The molecule has 0 atom stereocenters. The Labute approximate surface area is 209 Å². The molecule has 158 valence electrons. The fraction of sp³-hybridized carbons (Fsp3) is 0.0952. The van der Waals surface area contributed by atoms with E-state index in [1.165, 1.54) is 18.2 Å². The molecule has 1 fully saturated rings. The average Bonchev–Trinajstić information content (AvgIpc) is 2.95. The molecule has 6 nitrogen and oxygen atoms in total. The normalized spacial score (nSPS) is 14.6. The first-order valence-electron chi connectivity index (χ1n) is 8.64. The van der Waals surface area contributed by atoms with E-state index >= 15 is 0 Å². The number of nitrogens with one attached hydrogen (secondary N) is 1. The van der Waals surface area contributed by atoms with Gasteiger partial charge in [-0.3, -0.25) is 19.3 Å². The van der Waals surface area contributed by atoms with Gasteiger partial charge in [-0.15, -0.1) is 6.42 Å². The summed E-state index contributed by atoms with van der Waals surface area (Å²) in [5.74, 6) is 1.38. The lowest BCUT2D eigenvalue weighted by atomic mass is 10.2. The maximum atomic E-state index is 13.2. The molecule has 3 rings (SSSR count). The highest BCUT2D eigenvalue weighted by atomic mass is 127. The second kappa shape index (κ2) is 10.5. The molecular formula is C21H13FI2N2O4S. The molecular weight excluding hydrogens is 649 g/mol. The van der Waals surface area contributed by atoms with E-state index in [9.17, 15) is 18.8 Å². The molecule has 2 aromatic rings. The average molecular weight is 662 g/mol. The SMILES string of the molecule is C#CCOc1c(I)cc(/C=C2/SC(=O)N(CC(=O)Nc3cccc(F)c3)C2=O)cc1I. The van der Waals surface area contributed by atoms with Crippen LogP contribution in [-0.4, -0.2) is 35.1 Å². The molecule has 3 amide bonds. The number of benzene rings is 2. The molecule has 0 radical (unpaired) electrons. The first-order chi connectivity index (χ1) is 14.8. The standard InChI is InChI=1S/C21H13FI2N2O4S/c1-2-6-30-19-15(23)7-12(8-16(19)24)9-17-20(28)26(21(29)31-17)11-18(27)25-14-5-3-4-13(22)10-14/h1,3-5,7-10H,6,11H2,(H,25,27)/b17-9+. The zero-order valence-electron chi connectivity index (χ0n) is 15.7. The number of halogens is 3. The summed E-state index contributed by atoms with van der Waals surface area (Å²) in [5.41, 5.74) is 0.945. The zero-order chi connectivity index (χ0) is 22.5. The molecule has 0 aromatic heterocycles. The predicted octanol–water partition coefficient (Wildman–Crippen LogP) is 4.72. The molecule has 0 saturated carbocycles. The quantitative estimate of drug-likeness (QED) is 0.276. The highest BCUT2D eigenvalue weighted by Gasteiger charge is 2.36. The van der Waals surface area contributed by atoms with Crippen molar-refractivity contribution >= 4 is 85.8 Å². The Morgan fingerprint density at radius 1 is 1.26 bits per heavy atom. The lowest BCUT2D eigenvalue weighted by Crippen LogP contribution is -2.36. The number of nitrogens with zero attached hydrogens (tertiary/aromatic N) is 1. The predicted molar refractivity (Wildman–Crippen MR) is 134 cm³/mol. The summed E-state index contributed by atoms with van der Waals surface area (Å²) in [6.07, 6.45) is 6.82. The minimum absolute atomic E-state index is 0.141. The van der Waals surface area contributed by atoms with Crippen molar-refractivity contribution in [1.29, 1.82) is 0 Å². The Hall–Kier alpha value is -2.11. The van der Waals surface area contributed by atoms with Crippen molar-refractivity contribution in [3.8, 4) is 18.1 Å². The third kappa shape index (κ3) is 5.98. The zero-order valence-corrected chi connectivity index (χ0v) is 20.8. The topological polar surface area (TPSA) is 75.7 Å². The van der Waals surface area contributed by atoms with Gasteiger partial charge in [0.2, 0.25) is 5.91 Å². The summed E-state index contributed by atoms with van der Waals surface area (Å²) in [7, 11) is 0. The maximum Gasteiger partial charge on any atom is 0.294 e. The van der Waals surface area contributed by atoms with Crippen LogP contribution >= 0.6 is 56.9 Å². The molecule has 0 aliphatic carbocycles. The molecule has 1 heterocycles. The molecule has 31 heavy (non-hydrogen) atoms. The van der Waals surface area contributed by atoms with Crippen molar-refractivity contribution in [1.82, 2.24) is 4.90 Å². The highest BCUT2D eigenvalue weighted by Crippen LogP contribution is 2.34. The molecule has 1 aliphatic rings. The van der Waals surface area contributed by atoms with Crippen LogP contribution in [0.2, 0.25) is 0 Å². The van der Waals surface area contributed by atoms with E-state index in [1.807, 2.05) is 0 Å². The van der Waals surface area contributed by atoms with Crippen molar-refractivity contribution < 1.29 is 23.5 Å². The van der Waals surface area contributed by atoms with Crippen LogP contribution in [0.3, 0.4) is 0 Å². The van der Waals surface area contributed by atoms with E-state index in [0.717, 1.165) is 29.9 Å². The van der Waals surface area contributed by atoms with Crippen molar-refractivity contribution in [3.63, 3.8) is 0 Å². The van der Waals surface area contributed by atoms with Crippen LogP contribution in [0.4, 0.5) is 14.9 Å². The van der Waals surface area contributed by atoms with Gasteiger partial charge in [-0.1, -0.05) is 12.0 Å². The number of imide groups is 1. The van der Waals surface area contributed by atoms with Crippen molar-refractivity contribution in [2.75, 3.05) is 18.5 Å². The number of carbonyl (C=O) groups excluding carboxylic acids is 3. The van der Waals surface area contributed by atoms with Gasteiger partial charge < -0.3 is 10.1 Å². The van der Waals surface area contributed by atoms with Gasteiger partial charge in [-0.05, 0) is 98.9 Å². The lowest BCUT2D eigenvalue weighted by molar-refractivity contribution is -0.127. The monoisotopic (exact) mass is 662 g/mol. The van der Waals surface area contributed by atoms with Crippen LogP contribution in [0.5, 0.6) is 5.75 Å². The number of amides is 3. The first kappa shape index (κ1) is 23.6. The number of hydrogen-bond donors (Lipinski definition) is 1. The largest absolute Gasteiger partial charge is 0.479 e. The molecule has 1 N–H and O–H groups in total. The minimum Gasteiger partial charge on any atom is -0.479 e. The Balaban J connectivity index is 1.73. The molecule has 2 aromatic carbocycles. The van der Waals surface area contributed by atoms with Crippen LogP contribution in [-0.2, 0) is 9.59 Å². The van der Waals surface area contributed by atoms with Gasteiger partial charge in [-0.25, -0.2) is 4.39 Å². The third-order valence-corrected chi connectivity index (χ3v) is 6.41. The Kier molecular flexibility index (Phi) is 7.95. The third-order valence-electron chi connectivity index (χ3n) is 3.90. The van der Waals surface area contributed by atoms with E-state index in [1.54, 1.807) is 18.2 Å². The summed E-state index contributed by atoms with van der Waals surface area (Å²) in [6, 6.07) is 8.95. The number of terminal acetylenes is 1. The first-order valence-corrected chi connectivity index (χ1v) is 11.6. The second-order valence-corrected chi connectivity index (χ2v) is 9.45. The number of ether oxygens (including phenoxy) is 1. The second-order valence-electron chi connectivity index (χ2n) is 6.13. The number of carbonyl (C=O) groups is 3. The van der Waals surface area contributed by atoms with Gasteiger partial charge in [0, 0.05) is 5.69 Å². The summed E-state index contributed by atoms with van der Waals surface area (Å²) in [6.45, 7) is -0.325. The Morgan fingerprint density at radius 3 is 2.61 bits per heavy atom. The molecule has 0 unspecified atom stereocenters. The minimum atomic E-state index is -0.603. The van der Waals surface area contributed by atoms with Crippen LogP contribution < -0.4 is 10.1 Å². The number of anilines is 1. The van der Waals surface area contributed by atoms with Crippen LogP contribution in [0, 0.1) is 25.3 Å². The van der Waals surface area contributed by atoms with Crippen LogP contribution in [0.15, 0.2) is 41.3 Å². The lowest BCUT2D eigenvalue weighted by Gasteiger charge is -2.12. The molecule has 0 bridgehead atoms. The van der Waals surface area contributed by atoms with Crippen molar-refractivity contribution in [2.24, 2.45) is 0 Å². The van der Waals surface area contributed by atoms with E-state index in [-0.39, 0.29) is 17.2 Å². The summed E-state index contributed by atoms with van der Waals surface area (Å²) >= 11 is 4.96. The summed E-state index contributed by atoms with van der Waals surface area (Å²) in [4.78, 5) is 38.2. The van der Waals surface area contributed by atoms with Gasteiger partial charge in [0.1, 0.15) is 24.7 Å². The van der Waals surface area contributed by atoms with Crippen molar-refractivity contribution in [2.45, 2.75) is 0 Å². The summed E-state index contributed by atoms with van der Waals surface area (Å²) < 4.78 is 20.4.